The second kappa shape index (κ2) is 7.19. The molecule has 3 aromatic rings. The molecule has 2 aromatic carbocycles. The van der Waals surface area contributed by atoms with Gasteiger partial charge in [0.2, 0.25) is 17.6 Å². The Morgan fingerprint density at radius 3 is 2.93 bits per heavy atom. The van der Waals surface area contributed by atoms with Gasteiger partial charge in [-0.3, -0.25) is 4.79 Å². The fourth-order valence-corrected chi connectivity index (χ4v) is 3.27. The van der Waals surface area contributed by atoms with E-state index in [4.69, 9.17) is 9.26 Å². The third kappa shape index (κ3) is 3.53. The van der Waals surface area contributed by atoms with Crippen LogP contribution < -0.4 is 4.74 Å². The molecule has 1 aliphatic rings. The van der Waals surface area contributed by atoms with Crippen molar-refractivity contribution in [3.8, 4) is 17.1 Å². The minimum absolute atomic E-state index is 0.0355. The first kappa shape index (κ1) is 17.2. The summed E-state index contributed by atoms with van der Waals surface area (Å²) < 4.78 is 24.1. The molecule has 6 nitrogen and oxygen atoms in total. The van der Waals surface area contributed by atoms with E-state index < -0.39 is 0 Å². The van der Waals surface area contributed by atoms with E-state index in [1.165, 1.54) is 12.1 Å². The van der Waals surface area contributed by atoms with Crippen LogP contribution in [0.2, 0.25) is 0 Å². The molecular formula is C20H18FN3O3. The number of ether oxygens (including phenoxy) is 1. The highest BCUT2D eigenvalue weighted by atomic mass is 19.1. The second-order valence-electron chi connectivity index (χ2n) is 6.39. The summed E-state index contributed by atoms with van der Waals surface area (Å²) in [5.41, 5.74) is 1.49. The molecule has 1 aromatic heterocycles. The van der Waals surface area contributed by atoms with Crippen LogP contribution in [0.1, 0.15) is 30.3 Å². The van der Waals surface area contributed by atoms with Crippen molar-refractivity contribution in [3.05, 3.63) is 65.8 Å². The summed E-state index contributed by atoms with van der Waals surface area (Å²) >= 11 is 0. The summed E-state index contributed by atoms with van der Waals surface area (Å²) in [6.07, 6.45) is 1.03. The average Bonchev–Trinajstić information content (AvgIpc) is 3.30. The van der Waals surface area contributed by atoms with Gasteiger partial charge in [0.05, 0.1) is 7.11 Å². The standard InChI is InChI=1S/C20H18FN3O3/c1-26-16-7-2-4-13(10-16)12-24-17(8-9-18(24)25)20-22-19(23-27-20)14-5-3-6-15(21)11-14/h2-7,10-11,17H,8-9,12H2,1H3. The third-order valence-corrected chi connectivity index (χ3v) is 4.62. The molecule has 0 aliphatic carbocycles. The highest BCUT2D eigenvalue weighted by Gasteiger charge is 2.36. The van der Waals surface area contributed by atoms with Crippen LogP contribution >= 0.6 is 0 Å². The van der Waals surface area contributed by atoms with Gasteiger partial charge in [0.1, 0.15) is 17.6 Å². The zero-order valence-corrected chi connectivity index (χ0v) is 14.8. The molecule has 0 N–H and O–H groups in total. The molecular weight excluding hydrogens is 349 g/mol. The average molecular weight is 367 g/mol. The van der Waals surface area contributed by atoms with Crippen molar-refractivity contribution in [2.24, 2.45) is 0 Å². The van der Waals surface area contributed by atoms with Crippen molar-refractivity contribution >= 4 is 5.91 Å². The molecule has 7 heteroatoms. The van der Waals surface area contributed by atoms with Crippen LogP contribution in [-0.2, 0) is 11.3 Å². The quantitative estimate of drug-likeness (QED) is 0.687. The van der Waals surface area contributed by atoms with Gasteiger partial charge in [-0.25, -0.2) is 4.39 Å². The molecule has 1 amide bonds. The van der Waals surface area contributed by atoms with Gasteiger partial charge >= 0.3 is 0 Å². The van der Waals surface area contributed by atoms with Crippen LogP contribution in [-0.4, -0.2) is 28.1 Å². The van der Waals surface area contributed by atoms with Crippen molar-refractivity contribution < 1.29 is 18.4 Å². The topological polar surface area (TPSA) is 68.5 Å². The van der Waals surface area contributed by atoms with Gasteiger partial charge in [-0.15, -0.1) is 0 Å². The zero-order chi connectivity index (χ0) is 18.8. The van der Waals surface area contributed by atoms with E-state index in [1.807, 2.05) is 24.3 Å². The Kier molecular flexibility index (Phi) is 4.58. The van der Waals surface area contributed by atoms with Crippen LogP contribution in [0, 0.1) is 5.82 Å². The predicted molar refractivity (Wildman–Crippen MR) is 95.2 cm³/mol. The summed E-state index contributed by atoms with van der Waals surface area (Å²) in [6.45, 7) is 0.429. The first-order chi connectivity index (χ1) is 13.1. The molecule has 0 spiro atoms. The van der Waals surface area contributed by atoms with E-state index in [9.17, 15) is 9.18 Å². The number of likely N-dealkylation sites (tertiary alicyclic amines) is 1. The lowest BCUT2D eigenvalue weighted by Gasteiger charge is -2.22. The fourth-order valence-electron chi connectivity index (χ4n) is 3.27. The van der Waals surface area contributed by atoms with E-state index in [2.05, 4.69) is 10.1 Å². The number of methoxy groups -OCH3 is 1. The molecule has 4 rings (SSSR count). The van der Waals surface area contributed by atoms with Gasteiger partial charge in [0, 0.05) is 18.5 Å². The molecule has 2 heterocycles. The number of hydrogen-bond donors (Lipinski definition) is 0. The highest BCUT2D eigenvalue weighted by molar-refractivity contribution is 5.78. The number of hydrogen-bond acceptors (Lipinski definition) is 5. The van der Waals surface area contributed by atoms with Crippen molar-refractivity contribution in [1.29, 1.82) is 0 Å². The first-order valence-electron chi connectivity index (χ1n) is 8.66. The van der Waals surface area contributed by atoms with Crippen molar-refractivity contribution in [2.45, 2.75) is 25.4 Å². The summed E-state index contributed by atoms with van der Waals surface area (Å²) in [5, 5.41) is 3.96. The summed E-state index contributed by atoms with van der Waals surface area (Å²) in [5.74, 6) is 1.08. The molecule has 1 atom stereocenters. The number of nitrogens with zero attached hydrogens (tertiary/aromatic N) is 3. The van der Waals surface area contributed by atoms with Gasteiger partial charge in [0.25, 0.3) is 0 Å². The predicted octanol–water partition coefficient (Wildman–Crippen LogP) is 3.75. The molecule has 1 saturated heterocycles. The number of rotatable bonds is 5. The number of carbonyl (C=O) groups is 1. The van der Waals surface area contributed by atoms with Crippen molar-refractivity contribution in [1.82, 2.24) is 15.0 Å². The highest BCUT2D eigenvalue weighted by Crippen LogP contribution is 2.34. The molecule has 1 fully saturated rings. The van der Waals surface area contributed by atoms with E-state index in [1.54, 1.807) is 24.1 Å². The monoisotopic (exact) mass is 367 g/mol. The minimum atomic E-state index is -0.366. The van der Waals surface area contributed by atoms with Gasteiger partial charge < -0.3 is 14.2 Å². The van der Waals surface area contributed by atoms with Crippen LogP contribution in [0.4, 0.5) is 4.39 Å². The summed E-state index contributed by atoms with van der Waals surface area (Å²) in [6, 6.07) is 13.3. The molecule has 27 heavy (non-hydrogen) atoms. The lowest BCUT2D eigenvalue weighted by molar-refractivity contribution is -0.130. The largest absolute Gasteiger partial charge is 0.497 e. The Morgan fingerprint density at radius 1 is 1.26 bits per heavy atom. The van der Waals surface area contributed by atoms with E-state index in [-0.39, 0.29) is 17.8 Å². The van der Waals surface area contributed by atoms with Crippen LogP contribution in [0.5, 0.6) is 5.75 Å². The molecule has 1 unspecified atom stereocenters. The first-order valence-corrected chi connectivity index (χ1v) is 8.66. The van der Waals surface area contributed by atoms with Gasteiger partial charge in [-0.2, -0.15) is 4.98 Å². The van der Waals surface area contributed by atoms with Crippen LogP contribution in [0.25, 0.3) is 11.4 Å². The zero-order valence-electron chi connectivity index (χ0n) is 14.8. The smallest absolute Gasteiger partial charge is 0.249 e. The van der Waals surface area contributed by atoms with Gasteiger partial charge in [-0.05, 0) is 36.2 Å². The number of aromatic nitrogens is 2. The lowest BCUT2D eigenvalue weighted by Crippen LogP contribution is -2.27. The number of benzene rings is 2. The van der Waals surface area contributed by atoms with E-state index >= 15 is 0 Å². The Labute approximate surface area is 155 Å². The third-order valence-electron chi connectivity index (χ3n) is 4.62. The molecule has 1 aliphatic heterocycles. The molecule has 0 bridgehead atoms. The van der Waals surface area contributed by atoms with Crippen LogP contribution in [0.3, 0.4) is 0 Å². The number of halogens is 1. The molecule has 0 saturated carbocycles. The van der Waals surface area contributed by atoms with Crippen LogP contribution in [0.15, 0.2) is 53.1 Å². The Balaban J connectivity index is 1.58. The fraction of sp³-hybridized carbons (Fsp3) is 0.250. The Morgan fingerprint density at radius 2 is 2.11 bits per heavy atom. The van der Waals surface area contributed by atoms with E-state index in [0.717, 1.165) is 11.3 Å². The summed E-state index contributed by atoms with van der Waals surface area (Å²) in [7, 11) is 1.61. The summed E-state index contributed by atoms with van der Waals surface area (Å²) in [4.78, 5) is 18.5. The minimum Gasteiger partial charge on any atom is -0.497 e. The Hall–Kier alpha value is -3.22. The molecule has 138 valence electrons. The normalized spacial score (nSPS) is 16.7. The number of amides is 1. The lowest BCUT2D eigenvalue weighted by atomic mass is 10.1. The maximum absolute atomic E-state index is 13.4. The maximum Gasteiger partial charge on any atom is 0.249 e. The molecule has 0 radical (unpaired) electrons. The second-order valence-corrected chi connectivity index (χ2v) is 6.39. The number of carbonyl (C=O) groups excluding carboxylic acids is 1. The Bertz CT molecular complexity index is 972. The SMILES string of the molecule is COc1cccc(CN2C(=O)CCC2c2nc(-c3cccc(F)c3)no2)c1. The van der Waals surface area contributed by atoms with Gasteiger partial charge in [0.15, 0.2) is 0 Å². The maximum atomic E-state index is 13.4. The van der Waals surface area contributed by atoms with E-state index in [0.29, 0.717) is 36.7 Å². The van der Waals surface area contributed by atoms with Crippen molar-refractivity contribution in [3.63, 3.8) is 0 Å². The van der Waals surface area contributed by atoms with Gasteiger partial charge in [-0.1, -0.05) is 29.4 Å². The van der Waals surface area contributed by atoms with Crippen molar-refractivity contribution in [2.75, 3.05) is 7.11 Å².